The first-order chi connectivity index (χ1) is 14.7. The van der Waals surface area contributed by atoms with E-state index in [9.17, 15) is 9.59 Å². The van der Waals surface area contributed by atoms with Crippen LogP contribution in [0.3, 0.4) is 0 Å². The van der Waals surface area contributed by atoms with Crippen LogP contribution in [0.5, 0.6) is 5.75 Å². The third-order valence-electron chi connectivity index (χ3n) is 4.68. The van der Waals surface area contributed by atoms with Crippen LogP contribution in [0, 0.1) is 0 Å². The number of carbonyl (C=O) groups excluding carboxylic acids is 2. The van der Waals surface area contributed by atoms with Crippen molar-refractivity contribution in [2.75, 3.05) is 38.1 Å². The van der Waals surface area contributed by atoms with Crippen molar-refractivity contribution < 1.29 is 19.1 Å². The van der Waals surface area contributed by atoms with Gasteiger partial charge in [0.1, 0.15) is 12.2 Å². The molecule has 2 heterocycles. The maximum Gasteiger partial charge on any atom is 0.410 e. The van der Waals surface area contributed by atoms with E-state index in [-0.39, 0.29) is 12.0 Å². The van der Waals surface area contributed by atoms with E-state index in [1.54, 1.807) is 36.5 Å². The van der Waals surface area contributed by atoms with Crippen molar-refractivity contribution in [2.45, 2.75) is 33.0 Å². The summed E-state index contributed by atoms with van der Waals surface area (Å²) in [6.07, 6.45) is 2.99. The van der Waals surface area contributed by atoms with Gasteiger partial charge in [-0.2, -0.15) is 0 Å². The van der Waals surface area contributed by atoms with Crippen LogP contribution in [0.2, 0.25) is 0 Å². The average molecular weight is 428 g/mol. The molecule has 0 unspecified atom stereocenters. The average Bonchev–Trinajstić information content (AvgIpc) is 2.77. The van der Waals surface area contributed by atoms with Crippen molar-refractivity contribution in [3.05, 3.63) is 47.8 Å². The molecule has 0 radical (unpaired) electrons. The summed E-state index contributed by atoms with van der Waals surface area (Å²) in [7, 11) is 1.60. The molecular weight excluding hydrogens is 398 g/mol. The molecule has 0 aliphatic carbocycles. The van der Waals surface area contributed by atoms with Crippen LogP contribution in [0.25, 0.3) is 0 Å². The van der Waals surface area contributed by atoms with Crippen molar-refractivity contribution >= 4 is 17.9 Å². The summed E-state index contributed by atoms with van der Waals surface area (Å²) < 4.78 is 11.2. The molecule has 1 fully saturated rings. The van der Waals surface area contributed by atoms with E-state index in [1.165, 1.54) is 0 Å². The number of benzene rings is 1. The third kappa shape index (κ3) is 6.31. The zero-order chi connectivity index (χ0) is 22.4. The lowest BCUT2D eigenvalue weighted by Crippen LogP contribution is -2.50. The highest BCUT2D eigenvalue weighted by atomic mass is 16.6. The number of nitrogens with one attached hydrogen (secondary N) is 1. The Morgan fingerprint density at radius 2 is 1.65 bits per heavy atom. The van der Waals surface area contributed by atoms with Crippen molar-refractivity contribution in [1.29, 1.82) is 0 Å². The predicted octanol–water partition coefficient (Wildman–Crippen LogP) is 2.47. The number of ether oxygens (including phenoxy) is 2. The summed E-state index contributed by atoms with van der Waals surface area (Å²) in [6, 6.07) is 7.22. The van der Waals surface area contributed by atoms with Crippen LogP contribution in [-0.4, -0.2) is 65.7 Å². The topological polar surface area (TPSA) is 96.9 Å². The van der Waals surface area contributed by atoms with Gasteiger partial charge in [-0.1, -0.05) is 12.1 Å². The Bertz CT molecular complexity index is 886. The van der Waals surface area contributed by atoms with Gasteiger partial charge in [0.25, 0.3) is 5.91 Å². The summed E-state index contributed by atoms with van der Waals surface area (Å²) in [5, 5.41) is 2.59. The maximum absolute atomic E-state index is 12.2. The molecule has 1 aliphatic rings. The Hall–Kier alpha value is -3.36. The third-order valence-corrected chi connectivity index (χ3v) is 4.68. The number of carbonyl (C=O) groups is 2. The summed E-state index contributed by atoms with van der Waals surface area (Å²) in [4.78, 5) is 36.3. The molecule has 0 spiro atoms. The van der Waals surface area contributed by atoms with Gasteiger partial charge in [-0.25, -0.2) is 14.8 Å². The Kier molecular flexibility index (Phi) is 6.94. The van der Waals surface area contributed by atoms with E-state index in [0.717, 1.165) is 5.56 Å². The Balaban J connectivity index is 1.48. The largest absolute Gasteiger partial charge is 0.486 e. The van der Waals surface area contributed by atoms with Crippen molar-refractivity contribution in [3.8, 4) is 5.75 Å². The SMILES string of the molecule is CNC(=O)c1ccc(COc2cnc(N3CCN(C(=O)OC(C)(C)C)CC3)nc2)cc1. The molecule has 31 heavy (non-hydrogen) atoms. The number of anilines is 1. The van der Waals surface area contributed by atoms with Gasteiger partial charge in [-0.3, -0.25) is 4.79 Å². The van der Waals surface area contributed by atoms with E-state index in [0.29, 0.717) is 50.0 Å². The lowest BCUT2D eigenvalue weighted by atomic mass is 10.1. The minimum Gasteiger partial charge on any atom is -0.486 e. The van der Waals surface area contributed by atoms with Crippen molar-refractivity contribution in [2.24, 2.45) is 0 Å². The summed E-state index contributed by atoms with van der Waals surface area (Å²) in [5.74, 6) is 1.04. The van der Waals surface area contributed by atoms with Gasteiger partial charge in [-0.05, 0) is 38.5 Å². The molecule has 0 atom stereocenters. The molecule has 1 aliphatic heterocycles. The smallest absolute Gasteiger partial charge is 0.410 e. The predicted molar refractivity (Wildman–Crippen MR) is 116 cm³/mol. The van der Waals surface area contributed by atoms with Gasteiger partial charge in [0.05, 0.1) is 12.4 Å². The van der Waals surface area contributed by atoms with Crippen LogP contribution >= 0.6 is 0 Å². The number of hydrogen-bond acceptors (Lipinski definition) is 7. The highest BCUT2D eigenvalue weighted by Crippen LogP contribution is 2.17. The summed E-state index contributed by atoms with van der Waals surface area (Å²) >= 11 is 0. The van der Waals surface area contributed by atoms with Crippen molar-refractivity contribution in [1.82, 2.24) is 20.2 Å². The molecule has 9 nitrogen and oxygen atoms in total. The number of rotatable bonds is 5. The van der Waals surface area contributed by atoms with E-state index in [2.05, 4.69) is 15.3 Å². The molecule has 2 aromatic rings. The van der Waals surface area contributed by atoms with Gasteiger partial charge in [0, 0.05) is 38.8 Å². The van der Waals surface area contributed by atoms with E-state index in [4.69, 9.17) is 9.47 Å². The molecular formula is C22H29N5O4. The van der Waals surface area contributed by atoms with Crippen LogP contribution in [0.4, 0.5) is 10.7 Å². The molecule has 9 heteroatoms. The summed E-state index contributed by atoms with van der Waals surface area (Å²) in [5.41, 5.74) is 1.04. The van der Waals surface area contributed by atoms with Gasteiger partial charge in [-0.15, -0.1) is 0 Å². The van der Waals surface area contributed by atoms with Crippen LogP contribution in [0.1, 0.15) is 36.7 Å². The molecule has 3 rings (SSSR count). The van der Waals surface area contributed by atoms with Crippen molar-refractivity contribution in [3.63, 3.8) is 0 Å². The highest BCUT2D eigenvalue weighted by Gasteiger charge is 2.26. The maximum atomic E-state index is 12.2. The second-order valence-corrected chi connectivity index (χ2v) is 8.24. The van der Waals surface area contributed by atoms with Gasteiger partial charge >= 0.3 is 6.09 Å². The van der Waals surface area contributed by atoms with Gasteiger partial charge in [0.2, 0.25) is 5.95 Å². The van der Waals surface area contributed by atoms with Crippen LogP contribution < -0.4 is 15.0 Å². The zero-order valence-electron chi connectivity index (χ0n) is 18.4. The quantitative estimate of drug-likeness (QED) is 0.783. The molecule has 1 saturated heterocycles. The first-order valence-electron chi connectivity index (χ1n) is 10.2. The second-order valence-electron chi connectivity index (χ2n) is 8.24. The summed E-state index contributed by atoms with van der Waals surface area (Å²) in [6.45, 7) is 8.32. The first kappa shape index (κ1) is 22.3. The lowest BCUT2D eigenvalue weighted by molar-refractivity contribution is 0.0240. The highest BCUT2D eigenvalue weighted by molar-refractivity contribution is 5.93. The molecule has 1 aromatic heterocycles. The minimum absolute atomic E-state index is 0.122. The monoisotopic (exact) mass is 427 g/mol. The molecule has 2 amide bonds. The molecule has 0 saturated carbocycles. The van der Waals surface area contributed by atoms with Crippen LogP contribution in [0.15, 0.2) is 36.7 Å². The number of hydrogen-bond donors (Lipinski definition) is 1. The number of nitrogens with zero attached hydrogens (tertiary/aromatic N) is 4. The van der Waals surface area contributed by atoms with E-state index in [1.807, 2.05) is 37.8 Å². The fourth-order valence-electron chi connectivity index (χ4n) is 3.03. The number of amides is 2. The first-order valence-corrected chi connectivity index (χ1v) is 10.2. The zero-order valence-corrected chi connectivity index (χ0v) is 18.4. The molecule has 1 N–H and O–H groups in total. The fraction of sp³-hybridized carbons (Fsp3) is 0.455. The molecule has 166 valence electrons. The Labute approximate surface area is 182 Å². The lowest BCUT2D eigenvalue weighted by Gasteiger charge is -2.35. The van der Waals surface area contributed by atoms with Gasteiger partial charge < -0.3 is 24.6 Å². The normalized spacial score (nSPS) is 14.2. The second kappa shape index (κ2) is 9.63. The van der Waals surface area contributed by atoms with E-state index >= 15 is 0 Å². The van der Waals surface area contributed by atoms with Gasteiger partial charge in [0.15, 0.2) is 5.75 Å². The molecule has 0 bridgehead atoms. The standard InChI is InChI=1S/C22H29N5O4/c1-22(2,3)31-21(29)27-11-9-26(10-12-27)20-24-13-18(14-25-20)30-15-16-5-7-17(8-6-16)19(28)23-4/h5-8,13-14H,9-12,15H2,1-4H3,(H,23,28). The molecule has 1 aromatic carbocycles. The van der Waals surface area contributed by atoms with Crippen LogP contribution in [-0.2, 0) is 11.3 Å². The fourth-order valence-corrected chi connectivity index (χ4v) is 3.03. The Morgan fingerprint density at radius 1 is 1.03 bits per heavy atom. The number of piperazine rings is 1. The van der Waals surface area contributed by atoms with E-state index < -0.39 is 5.60 Å². The minimum atomic E-state index is -0.501. The number of aromatic nitrogens is 2. The Morgan fingerprint density at radius 3 is 2.19 bits per heavy atom.